The van der Waals surface area contributed by atoms with Crippen LogP contribution in [0, 0.1) is 6.92 Å². The van der Waals surface area contributed by atoms with Gasteiger partial charge in [0.2, 0.25) is 0 Å². The number of rotatable bonds is 2. The second-order valence-electron chi connectivity index (χ2n) is 5.34. The maximum Gasteiger partial charge on any atom is 0.0794 e. The number of piperidine rings is 1. The molecule has 0 radical (unpaired) electrons. The molecule has 1 aromatic carbocycles. The number of nitrogens with zero attached hydrogens (tertiary/aromatic N) is 1. The average Bonchev–Trinajstić information content (AvgIpc) is 2.27. The van der Waals surface area contributed by atoms with Gasteiger partial charge in [0.15, 0.2) is 0 Å². The van der Waals surface area contributed by atoms with Crippen LogP contribution in [-0.2, 0) is 6.54 Å². The minimum atomic E-state index is -0.557. The van der Waals surface area contributed by atoms with E-state index in [1.165, 1.54) is 16.8 Å². The highest BCUT2D eigenvalue weighted by Gasteiger charge is 2.28. The van der Waals surface area contributed by atoms with Crippen molar-refractivity contribution in [2.24, 2.45) is 5.73 Å². The molecule has 1 aliphatic heterocycles. The van der Waals surface area contributed by atoms with Crippen molar-refractivity contribution in [3.8, 4) is 0 Å². The van der Waals surface area contributed by atoms with Crippen LogP contribution in [0.25, 0.3) is 0 Å². The molecule has 0 bridgehead atoms. The third-order valence-electron chi connectivity index (χ3n) is 3.59. The predicted molar refractivity (Wildman–Crippen MR) is 71.1 cm³/mol. The second-order valence-corrected chi connectivity index (χ2v) is 5.34. The Kier molecular flexibility index (Phi) is 3.40. The lowest BCUT2D eigenvalue weighted by atomic mass is 9.94. The molecule has 94 valence electrons. The van der Waals surface area contributed by atoms with E-state index in [0.29, 0.717) is 13.1 Å². The molecule has 1 heterocycles. The van der Waals surface area contributed by atoms with E-state index in [0.717, 1.165) is 19.4 Å². The molecular formula is C14H22N2O. The maximum absolute atomic E-state index is 10.1. The van der Waals surface area contributed by atoms with Crippen molar-refractivity contribution in [2.45, 2.75) is 38.8 Å². The SMILES string of the molecule is Cc1cc(N2CCCC(C)(O)C2)ccc1CN. The van der Waals surface area contributed by atoms with Crippen LogP contribution in [0.3, 0.4) is 0 Å². The van der Waals surface area contributed by atoms with E-state index in [9.17, 15) is 5.11 Å². The fourth-order valence-electron chi connectivity index (χ4n) is 2.55. The summed E-state index contributed by atoms with van der Waals surface area (Å²) in [5.41, 5.74) is 8.73. The zero-order valence-electron chi connectivity index (χ0n) is 10.7. The number of benzene rings is 1. The third kappa shape index (κ3) is 2.79. The summed E-state index contributed by atoms with van der Waals surface area (Å²) < 4.78 is 0. The molecule has 0 spiro atoms. The van der Waals surface area contributed by atoms with Crippen molar-refractivity contribution in [1.82, 2.24) is 0 Å². The lowest BCUT2D eigenvalue weighted by molar-refractivity contribution is 0.0449. The standard InChI is InChI=1S/C14H22N2O/c1-11-8-13(5-4-12(11)9-15)16-7-3-6-14(2,17)10-16/h4-5,8,17H,3,6-7,9-10,15H2,1-2H3. The Morgan fingerprint density at radius 3 is 2.82 bits per heavy atom. The van der Waals surface area contributed by atoms with E-state index in [-0.39, 0.29) is 0 Å². The van der Waals surface area contributed by atoms with E-state index < -0.39 is 5.60 Å². The van der Waals surface area contributed by atoms with Gasteiger partial charge in [-0.15, -0.1) is 0 Å². The van der Waals surface area contributed by atoms with Gasteiger partial charge in [-0.1, -0.05) is 6.07 Å². The summed E-state index contributed by atoms with van der Waals surface area (Å²) in [7, 11) is 0. The molecule has 0 amide bonds. The quantitative estimate of drug-likeness (QED) is 0.820. The number of nitrogens with two attached hydrogens (primary N) is 1. The summed E-state index contributed by atoms with van der Waals surface area (Å²) in [6.45, 7) is 6.34. The van der Waals surface area contributed by atoms with Crippen LogP contribution < -0.4 is 10.6 Å². The van der Waals surface area contributed by atoms with Crippen molar-refractivity contribution in [3.05, 3.63) is 29.3 Å². The van der Waals surface area contributed by atoms with Gasteiger partial charge in [0.1, 0.15) is 0 Å². The Morgan fingerprint density at radius 1 is 1.47 bits per heavy atom. The van der Waals surface area contributed by atoms with Crippen LogP contribution in [0.5, 0.6) is 0 Å². The number of hydrogen-bond donors (Lipinski definition) is 2. The van der Waals surface area contributed by atoms with E-state index in [2.05, 4.69) is 30.0 Å². The highest BCUT2D eigenvalue weighted by molar-refractivity contribution is 5.51. The zero-order valence-corrected chi connectivity index (χ0v) is 10.7. The van der Waals surface area contributed by atoms with Crippen LogP contribution >= 0.6 is 0 Å². The van der Waals surface area contributed by atoms with Crippen LogP contribution in [0.15, 0.2) is 18.2 Å². The molecule has 3 nitrogen and oxygen atoms in total. The van der Waals surface area contributed by atoms with Crippen LogP contribution in [0.4, 0.5) is 5.69 Å². The van der Waals surface area contributed by atoms with Crippen LogP contribution in [0.2, 0.25) is 0 Å². The van der Waals surface area contributed by atoms with Crippen molar-refractivity contribution in [1.29, 1.82) is 0 Å². The Bertz CT molecular complexity index is 401. The van der Waals surface area contributed by atoms with Gasteiger partial charge in [-0.25, -0.2) is 0 Å². The first-order chi connectivity index (χ1) is 8.02. The maximum atomic E-state index is 10.1. The van der Waals surface area contributed by atoms with E-state index in [1.54, 1.807) is 0 Å². The summed E-state index contributed by atoms with van der Waals surface area (Å²) in [6, 6.07) is 6.37. The molecule has 1 unspecified atom stereocenters. The van der Waals surface area contributed by atoms with Gasteiger partial charge in [0, 0.05) is 25.3 Å². The predicted octanol–water partition coefficient (Wildman–Crippen LogP) is 1.80. The fraction of sp³-hybridized carbons (Fsp3) is 0.571. The molecule has 0 aliphatic carbocycles. The molecule has 0 saturated carbocycles. The van der Waals surface area contributed by atoms with Gasteiger partial charge < -0.3 is 15.7 Å². The molecule has 0 aromatic heterocycles. The third-order valence-corrected chi connectivity index (χ3v) is 3.59. The van der Waals surface area contributed by atoms with Crippen molar-refractivity contribution in [3.63, 3.8) is 0 Å². The van der Waals surface area contributed by atoms with E-state index in [4.69, 9.17) is 5.73 Å². The number of hydrogen-bond acceptors (Lipinski definition) is 3. The van der Waals surface area contributed by atoms with Gasteiger partial charge in [0.25, 0.3) is 0 Å². The lowest BCUT2D eigenvalue weighted by Gasteiger charge is -2.38. The molecule has 2 rings (SSSR count). The van der Waals surface area contributed by atoms with Crippen molar-refractivity contribution in [2.75, 3.05) is 18.0 Å². The number of β-amino-alcohol motifs (C(OH)–C–C–N with tert-alkyl or cyclic N) is 1. The van der Waals surface area contributed by atoms with Gasteiger partial charge in [-0.05, 0) is 49.9 Å². The van der Waals surface area contributed by atoms with Crippen LogP contribution in [0.1, 0.15) is 30.9 Å². The molecule has 1 saturated heterocycles. The lowest BCUT2D eigenvalue weighted by Crippen LogP contribution is -2.46. The first-order valence-electron chi connectivity index (χ1n) is 6.29. The molecule has 17 heavy (non-hydrogen) atoms. The van der Waals surface area contributed by atoms with E-state index in [1.807, 2.05) is 6.92 Å². The smallest absolute Gasteiger partial charge is 0.0794 e. The number of aryl methyl sites for hydroxylation is 1. The van der Waals surface area contributed by atoms with Gasteiger partial charge in [0.05, 0.1) is 5.60 Å². The summed E-state index contributed by atoms with van der Waals surface area (Å²) in [4.78, 5) is 2.26. The Balaban J connectivity index is 2.19. The second kappa shape index (κ2) is 4.67. The summed E-state index contributed by atoms with van der Waals surface area (Å²) in [6.07, 6.45) is 1.94. The first kappa shape index (κ1) is 12.4. The van der Waals surface area contributed by atoms with Crippen LogP contribution in [-0.4, -0.2) is 23.8 Å². The van der Waals surface area contributed by atoms with Crippen molar-refractivity contribution < 1.29 is 5.11 Å². The summed E-state index contributed by atoms with van der Waals surface area (Å²) in [5, 5.41) is 10.1. The topological polar surface area (TPSA) is 49.5 Å². The van der Waals surface area contributed by atoms with Gasteiger partial charge in [-0.2, -0.15) is 0 Å². The molecule has 1 aliphatic rings. The normalized spacial score (nSPS) is 25.1. The van der Waals surface area contributed by atoms with Crippen molar-refractivity contribution >= 4 is 5.69 Å². The highest BCUT2D eigenvalue weighted by Crippen LogP contribution is 2.27. The highest BCUT2D eigenvalue weighted by atomic mass is 16.3. The minimum absolute atomic E-state index is 0.557. The Hall–Kier alpha value is -1.06. The molecule has 3 heteroatoms. The monoisotopic (exact) mass is 234 g/mol. The van der Waals surface area contributed by atoms with Gasteiger partial charge in [-0.3, -0.25) is 0 Å². The van der Waals surface area contributed by atoms with E-state index >= 15 is 0 Å². The molecule has 1 atom stereocenters. The molecule has 3 N–H and O–H groups in total. The Labute approximate surface area is 103 Å². The molecule has 1 aromatic rings. The number of aliphatic hydroxyl groups is 1. The Morgan fingerprint density at radius 2 is 2.24 bits per heavy atom. The first-order valence-corrected chi connectivity index (χ1v) is 6.29. The summed E-state index contributed by atoms with van der Waals surface area (Å²) >= 11 is 0. The van der Waals surface area contributed by atoms with Gasteiger partial charge >= 0.3 is 0 Å². The summed E-state index contributed by atoms with van der Waals surface area (Å²) in [5.74, 6) is 0. The molecular weight excluding hydrogens is 212 g/mol. The largest absolute Gasteiger partial charge is 0.388 e. The number of anilines is 1. The minimum Gasteiger partial charge on any atom is -0.388 e. The zero-order chi connectivity index (χ0) is 12.5. The average molecular weight is 234 g/mol. The molecule has 1 fully saturated rings. The fourth-order valence-corrected chi connectivity index (χ4v) is 2.55.